The second kappa shape index (κ2) is 8.59. The highest BCUT2D eigenvalue weighted by Crippen LogP contribution is 2.39. The Labute approximate surface area is 169 Å². The molecule has 1 atom stereocenters. The van der Waals surface area contributed by atoms with Crippen molar-refractivity contribution in [3.05, 3.63) is 76.3 Å². The number of ketones is 1. The van der Waals surface area contributed by atoms with Crippen LogP contribution in [0.3, 0.4) is 0 Å². The Morgan fingerprint density at radius 2 is 1.82 bits per heavy atom. The van der Waals surface area contributed by atoms with Gasteiger partial charge in [-0.15, -0.1) is 0 Å². The minimum Gasteiger partial charge on any atom is -0.507 e. The summed E-state index contributed by atoms with van der Waals surface area (Å²) in [6.07, 6.45) is 0.711. The maximum absolute atomic E-state index is 12.8. The summed E-state index contributed by atoms with van der Waals surface area (Å²) in [6.45, 7) is 1.19. The zero-order chi connectivity index (χ0) is 20.3. The van der Waals surface area contributed by atoms with Crippen LogP contribution >= 0.6 is 11.6 Å². The number of nitrogens with zero attached hydrogens (tertiary/aromatic N) is 2. The van der Waals surface area contributed by atoms with Gasteiger partial charge in [0.05, 0.1) is 11.6 Å². The van der Waals surface area contributed by atoms with E-state index >= 15 is 0 Å². The zero-order valence-electron chi connectivity index (χ0n) is 15.9. The van der Waals surface area contributed by atoms with Crippen molar-refractivity contribution in [3.8, 4) is 0 Å². The summed E-state index contributed by atoms with van der Waals surface area (Å²) < 4.78 is 0. The Bertz CT molecular complexity index is 909. The van der Waals surface area contributed by atoms with Gasteiger partial charge in [0.1, 0.15) is 5.76 Å². The van der Waals surface area contributed by atoms with Gasteiger partial charge >= 0.3 is 0 Å². The fourth-order valence-corrected chi connectivity index (χ4v) is 3.64. The number of amides is 1. The lowest BCUT2D eigenvalue weighted by Crippen LogP contribution is -2.32. The van der Waals surface area contributed by atoms with Crippen LogP contribution < -0.4 is 0 Å². The van der Waals surface area contributed by atoms with E-state index in [1.54, 1.807) is 42.5 Å². The summed E-state index contributed by atoms with van der Waals surface area (Å²) in [5, 5.41) is 11.4. The molecule has 5 nitrogen and oxygen atoms in total. The third-order valence-corrected chi connectivity index (χ3v) is 4.99. The summed E-state index contributed by atoms with van der Waals surface area (Å²) in [4.78, 5) is 29.2. The molecular formula is C22H23ClN2O3. The number of carbonyl (C=O) groups excluding carboxylic acids is 2. The molecule has 1 amide bonds. The molecule has 0 aliphatic carbocycles. The third kappa shape index (κ3) is 4.11. The van der Waals surface area contributed by atoms with E-state index in [4.69, 9.17) is 11.6 Å². The minimum atomic E-state index is -0.670. The zero-order valence-corrected chi connectivity index (χ0v) is 16.7. The van der Waals surface area contributed by atoms with Crippen molar-refractivity contribution in [2.75, 3.05) is 27.2 Å². The van der Waals surface area contributed by atoms with Crippen LogP contribution in [-0.4, -0.2) is 53.8 Å². The molecule has 1 fully saturated rings. The molecule has 1 aliphatic heterocycles. The Hall–Kier alpha value is -2.63. The first-order valence-corrected chi connectivity index (χ1v) is 9.52. The van der Waals surface area contributed by atoms with E-state index in [2.05, 4.69) is 0 Å². The van der Waals surface area contributed by atoms with E-state index in [1.165, 1.54) is 4.90 Å². The van der Waals surface area contributed by atoms with Crippen LogP contribution in [0.1, 0.15) is 23.6 Å². The summed E-state index contributed by atoms with van der Waals surface area (Å²) in [6, 6.07) is 15.2. The number of hydrogen-bond donors (Lipinski definition) is 1. The first-order valence-electron chi connectivity index (χ1n) is 9.14. The van der Waals surface area contributed by atoms with E-state index in [9.17, 15) is 14.7 Å². The Morgan fingerprint density at radius 1 is 1.11 bits per heavy atom. The quantitative estimate of drug-likeness (QED) is 0.457. The molecule has 6 heteroatoms. The maximum atomic E-state index is 12.8. The van der Waals surface area contributed by atoms with Crippen molar-refractivity contribution < 1.29 is 14.7 Å². The highest BCUT2D eigenvalue weighted by Gasteiger charge is 2.45. The molecule has 1 saturated heterocycles. The van der Waals surface area contributed by atoms with Gasteiger partial charge in [-0.3, -0.25) is 9.59 Å². The first-order chi connectivity index (χ1) is 13.4. The average molecular weight is 399 g/mol. The summed E-state index contributed by atoms with van der Waals surface area (Å²) in [5.74, 6) is -1.43. The smallest absolute Gasteiger partial charge is 0.295 e. The number of aliphatic hydroxyl groups excluding tert-OH is 1. The maximum Gasteiger partial charge on any atom is 0.295 e. The van der Waals surface area contributed by atoms with Crippen LogP contribution in [0.5, 0.6) is 0 Å². The monoisotopic (exact) mass is 398 g/mol. The second-order valence-electron chi connectivity index (χ2n) is 7.07. The molecule has 0 radical (unpaired) electrons. The SMILES string of the molecule is CN(C)CCCN1C(=O)C(=O)/C(=C(\O)c2ccccc2)C1c1cccc(Cl)c1. The number of halogens is 1. The fraction of sp³-hybridized carbons (Fsp3) is 0.273. The van der Waals surface area contributed by atoms with Gasteiger partial charge in [0.2, 0.25) is 0 Å². The van der Waals surface area contributed by atoms with Gasteiger partial charge in [0.15, 0.2) is 0 Å². The van der Waals surface area contributed by atoms with Gasteiger partial charge < -0.3 is 14.9 Å². The average Bonchev–Trinajstić information content (AvgIpc) is 2.93. The molecule has 0 aromatic heterocycles. The van der Waals surface area contributed by atoms with E-state index in [-0.39, 0.29) is 11.3 Å². The normalized spacial score (nSPS) is 18.9. The number of benzene rings is 2. The topological polar surface area (TPSA) is 60.9 Å². The summed E-state index contributed by atoms with van der Waals surface area (Å²) in [7, 11) is 3.91. The van der Waals surface area contributed by atoms with Crippen LogP contribution in [0.2, 0.25) is 5.02 Å². The third-order valence-electron chi connectivity index (χ3n) is 4.76. The van der Waals surface area contributed by atoms with Gasteiger partial charge in [0, 0.05) is 17.1 Å². The number of hydrogen-bond acceptors (Lipinski definition) is 4. The molecule has 1 aliphatic rings. The first kappa shape index (κ1) is 20.1. The van der Waals surface area contributed by atoms with Crippen molar-refractivity contribution in [1.29, 1.82) is 0 Å². The van der Waals surface area contributed by atoms with Gasteiger partial charge in [-0.25, -0.2) is 0 Å². The van der Waals surface area contributed by atoms with E-state index in [0.29, 0.717) is 29.1 Å². The summed E-state index contributed by atoms with van der Waals surface area (Å²) in [5.41, 5.74) is 1.30. The molecule has 1 heterocycles. The molecule has 0 bridgehead atoms. The lowest BCUT2D eigenvalue weighted by Gasteiger charge is -2.26. The van der Waals surface area contributed by atoms with Crippen LogP contribution in [0.15, 0.2) is 60.2 Å². The molecule has 146 valence electrons. The molecule has 1 N–H and O–H groups in total. The molecule has 2 aromatic rings. The molecule has 1 unspecified atom stereocenters. The van der Waals surface area contributed by atoms with Crippen molar-refractivity contribution in [2.45, 2.75) is 12.5 Å². The summed E-state index contributed by atoms with van der Waals surface area (Å²) >= 11 is 6.16. The minimum absolute atomic E-state index is 0.100. The molecule has 28 heavy (non-hydrogen) atoms. The Morgan fingerprint density at radius 3 is 2.46 bits per heavy atom. The molecular weight excluding hydrogens is 376 g/mol. The fourth-order valence-electron chi connectivity index (χ4n) is 3.44. The number of Topliss-reactive ketones (excluding diaryl/α,β-unsaturated/α-hetero) is 1. The number of carbonyl (C=O) groups is 2. The van der Waals surface area contributed by atoms with E-state index in [1.807, 2.05) is 31.1 Å². The predicted molar refractivity (Wildman–Crippen MR) is 110 cm³/mol. The van der Waals surface area contributed by atoms with Crippen molar-refractivity contribution in [2.24, 2.45) is 0 Å². The van der Waals surface area contributed by atoms with Crippen LogP contribution in [0.4, 0.5) is 0 Å². The molecule has 0 spiro atoms. The highest BCUT2D eigenvalue weighted by atomic mass is 35.5. The standard InChI is InChI=1S/C22H23ClN2O3/c1-24(2)12-7-13-25-19(16-10-6-11-17(23)14-16)18(21(27)22(25)28)20(26)15-8-4-3-5-9-15/h3-6,8-11,14,19,26H,7,12-13H2,1-2H3/b20-18-. The molecule has 2 aromatic carbocycles. The van der Waals surface area contributed by atoms with Gasteiger partial charge in [-0.2, -0.15) is 0 Å². The van der Waals surface area contributed by atoms with Gasteiger partial charge in [-0.05, 0) is 44.8 Å². The number of aliphatic hydroxyl groups is 1. The Balaban J connectivity index is 2.08. The number of rotatable bonds is 6. The largest absolute Gasteiger partial charge is 0.507 e. The van der Waals surface area contributed by atoms with Crippen LogP contribution in [-0.2, 0) is 9.59 Å². The van der Waals surface area contributed by atoms with Crippen molar-refractivity contribution >= 4 is 29.1 Å². The van der Waals surface area contributed by atoms with Gasteiger partial charge in [0.25, 0.3) is 11.7 Å². The highest BCUT2D eigenvalue weighted by molar-refractivity contribution is 6.46. The predicted octanol–water partition coefficient (Wildman–Crippen LogP) is 3.71. The van der Waals surface area contributed by atoms with E-state index < -0.39 is 17.7 Å². The molecule has 3 rings (SSSR count). The van der Waals surface area contributed by atoms with Crippen LogP contribution in [0, 0.1) is 0 Å². The molecule has 0 saturated carbocycles. The Kier molecular flexibility index (Phi) is 6.17. The lowest BCUT2D eigenvalue weighted by atomic mass is 9.95. The lowest BCUT2D eigenvalue weighted by molar-refractivity contribution is -0.139. The van der Waals surface area contributed by atoms with Crippen molar-refractivity contribution in [3.63, 3.8) is 0 Å². The second-order valence-corrected chi connectivity index (χ2v) is 7.51. The van der Waals surface area contributed by atoms with E-state index in [0.717, 1.165) is 6.54 Å². The van der Waals surface area contributed by atoms with Crippen molar-refractivity contribution in [1.82, 2.24) is 9.80 Å². The van der Waals surface area contributed by atoms with Crippen LogP contribution in [0.25, 0.3) is 5.76 Å². The number of likely N-dealkylation sites (tertiary alicyclic amines) is 1. The van der Waals surface area contributed by atoms with Gasteiger partial charge in [-0.1, -0.05) is 54.1 Å².